The number of hydrogen-bond acceptors (Lipinski definition) is 11. The van der Waals surface area contributed by atoms with Crippen LogP contribution in [0.2, 0.25) is 0 Å². The molecule has 0 bridgehead atoms. The maximum atomic E-state index is 15.4. The van der Waals surface area contributed by atoms with Gasteiger partial charge in [-0.1, -0.05) is 42.3 Å². The molecule has 1 fully saturated rings. The molecule has 4 aromatic carbocycles. The molecule has 4 aromatic rings. The molecule has 2 heterocycles. The average molecular weight is 882 g/mol. The molecule has 0 aromatic heterocycles. The molecular formula is C53H59N3O9. The van der Waals surface area contributed by atoms with E-state index in [-0.39, 0.29) is 63.2 Å². The zero-order chi connectivity index (χ0) is 45.5. The lowest BCUT2D eigenvalue weighted by Crippen LogP contribution is -2.70. The predicted octanol–water partition coefficient (Wildman–Crippen LogP) is 9.69. The topological polar surface area (TPSA) is 152 Å². The number of ether oxygens (including phenoxy) is 5. The SMILES string of the molecule is C=CCOC12Oc3ccc(Oc4ccc(C)c(C)c4)cc3C3C(CCCCO)C(CCCCO)C=C(C(=NOCC)CC1N(Cc1ccc4c(c1)OCO4)C(=O)c1ccc(C#N)cc1)C32. The van der Waals surface area contributed by atoms with Gasteiger partial charge in [-0.05, 0) is 147 Å². The second-order valence-corrected chi connectivity index (χ2v) is 17.3. The standard InChI is InChI=1S/C53H59N3O9/c1-5-25-62-53-49(56(52(59)38-17-14-36(31-54)15-18-38)32-37-16-21-47-48(27-37)61-33-60-47)30-45(55-63-6-2)43-28-39(11-7-9-23-57)42(12-8-10-24-58)50(51(43)53)44-29-41(20-22-46(44)65-53)64-40-19-13-34(3)35(4)26-40/h5,13-22,26-29,39,42,49-51,57-58H,1,6-12,23-25,30,32-33H2,2-4H3. The number of rotatable bonds is 19. The first-order valence-corrected chi connectivity index (χ1v) is 22.9. The van der Waals surface area contributed by atoms with E-state index in [1.165, 1.54) is 5.56 Å². The van der Waals surface area contributed by atoms with Gasteiger partial charge in [0.1, 0.15) is 29.9 Å². The summed E-state index contributed by atoms with van der Waals surface area (Å²) in [5.74, 6) is 0.799. The molecular weight excluding hydrogens is 823 g/mol. The van der Waals surface area contributed by atoms with Gasteiger partial charge < -0.3 is 43.6 Å². The Kier molecular flexibility index (Phi) is 14.2. The minimum Gasteiger partial charge on any atom is -0.459 e. The van der Waals surface area contributed by atoms with Gasteiger partial charge in [0, 0.05) is 43.2 Å². The highest BCUT2D eigenvalue weighted by Crippen LogP contribution is 2.62. The zero-order valence-electron chi connectivity index (χ0n) is 37.5. The summed E-state index contributed by atoms with van der Waals surface area (Å²) >= 11 is 0. The molecule has 1 amide bonds. The maximum absolute atomic E-state index is 15.4. The van der Waals surface area contributed by atoms with Crippen molar-refractivity contribution in [2.24, 2.45) is 22.9 Å². The highest BCUT2D eigenvalue weighted by atomic mass is 16.7. The number of amides is 1. The fraction of sp³-hybridized carbons (Fsp3) is 0.415. The van der Waals surface area contributed by atoms with E-state index >= 15 is 4.79 Å². The van der Waals surface area contributed by atoms with Crippen LogP contribution < -0.4 is 18.9 Å². The van der Waals surface area contributed by atoms with E-state index in [0.29, 0.717) is 59.3 Å². The summed E-state index contributed by atoms with van der Waals surface area (Å²) in [5.41, 5.74) is 6.52. The number of aliphatic hydroxyl groups excluding tert-OH is 2. The Morgan fingerprint density at radius 3 is 2.40 bits per heavy atom. The number of carbonyl (C=O) groups excluding carboxylic acids is 1. The van der Waals surface area contributed by atoms with Crippen molar-refractivity contribution >= 4 is 11.6 Å². The summed E-state index contributed by atoms with van der Waals surface area (Å²) < 4.78 is 32.7. The number of aliphatic hydroxyl groups is 2. The van der Waals surface area contributed by atoms with Crippen LogP contribution in [0.4, 0.5) is 0 Å². The Labute approximate surface area is 381 Å². The van der Waals surface area contributed by atoms with E-state index in [2.05, 4.69) is 44.7 Å². The molecule has 0 spiro atoms. The van der Waals surface area contributed by atoms with Gasteiger partial charge in [0.25, 0.3) is 5.91 Å². The molecule has 0 saturated heterocycles. The largest absolute Gasteiger partial charge is 0.459 e. The zero-order valence-corrected chi connectivity index (χ0v) is 37.5. The third-order valence-electron chi connectivity index (χ3n) is 13.4. The monoisotopic (exact) mass is 881 g/mol. The van der Waals surface area contributed by atoms with Crippen molar-refractivity contribution in [3.63, 3.8) is 0 Å². The van der Waals surface area contributed by atoms with Crippen LogP contribution in [0.3, 0.4) is 0 Å². The molecule has 6 atom stereocenters. The molecule has 12 nitrogen and oxygen atoms in total. The van der Waals surface area contributed by atoms with E-state index in [0.717, 1.165) is 53.7 Å². The van der Waals surface area contributed by atoms with Crippen molar-refractivity contribution in [3.05, 3.63) is 137 Å². The summed E-state index contributed by atoms with van der Waals surface area (Å²) in [6.07, 6.45) is 8.80. The molecule has 4 aliphatic rings. The third-order valence-corrected chi connectivity index (χ3v) is 13.4. The van der Waals surface area contributed by atoms with Gasteiger partial charge >= 0.3 is 0 Å². The van der Waals surface area contributed by atoms with Crippen LogP contribution in [0.15, 0.2) is 108 Å². The molecule has 8 rings (SSSR count). The van der Waals surface area contributed by atoms with Crippen LogP contribution in [0.1, 0.15) is 96.0 Å². The summed E-state index contributed by atoms with van der Waals surface area (Å²) in [7, 11) is 0. The smallest absolute Gasteiger partial charge is 0.254 e. The number of nitriles is 1. The molecule has 6 unspecified atom stereocenters. The second-order valence-electron chi connectivity index (χ2n) is 17.3. The molecule has 0 radical (unpaired) electrons. The Hall–Kier alpha value is -6.13. The van der Waals surface area contributed by atoms with E-state index in [9.17, 15) is 15.5 Å². The van der Waals surface area contributed by atoms with Gasteiger partial charge in [-0.25, -0.2) is 0 Å². The van der Waals surface area contributed by atoms with Crippen LogP contribution in [0.5, 0.6) is 28.7 Å². The van der Waals surface area contributed by atoms with Crippen LogP contribution in [0.25, 0.3) is 0 Å². The van der Waals surface area contributed by atoms with E-state index in [4.69, 9.17) is 33.7 Å². The van der Waals surface area contributed by atoms with Crippen molar-refractivity contribution in [2.45, 2.75) is 90.0 Å². The number of hydrogen-bond donors (Lipinski definition) is 2. The van der Waals surface area contributed by atoms with Gasteiger partial charge in [0.2, 0.25) is 12.6 Å². The minimum atomic E-state index is -1.48. The molecule has 340 valence electrons. The van der Waals surface area contributed by atoms with E-state index < -0.39 is 17.7 Å². The van der Waals surface area contributed by atoms with Crippen LogP contribution >= 0.6 is 0 Å². The normalized spacial score (nSPS) is 23.0. The number of unbranched alkanes of at least 4 members (excludes halogenated alkanes) is 2. The molecule has 2 aliphatic heterocycles. The number of carbonyl (C=O) groups is 1. The van der Waals surface area contributed by atoms with E-state index in [1.807, 2.05) is 54.3 Å². The summed E-state index contributed by atoms with van der Waals surface area (Å²) in [6.45, 7) is 11.0. The first-order chi connectivity index (χ1) is 31.7. The quantitative estimate of drug-likeness (QED) is 0.0529. The minimum absolute atomic E-state index is 0.0313. The molecule has 65 heavy (non-hydrogen) atoms. The maximum Gasteiger partial charge on any atom is 0.254 e. The number of aryl methyl sites for hydroxylation is 2. The molecule has 2 aliphatic carbocycles. The fourth-order valence-electron chi connectivity index (χ4n) is 10.2. The van der Waals surface area contributed by atoms with Gasteiger partial charge in [-0.15, -0.1) is 6.58 Å². The summed E-state index contributed by atoms with van der Waals surface area (Å²) in [4.78, 5) is 23.2. The van der Waals surface area contributed by atoms with Gasteiger partial charge in [0.05, 0.1) is 29.9 Å². The number of allylic oxidation sites excluding steroid dienone is 1. The van der Waals surface area contributed by atoms with Gasteiger partial charge in [-0.2, -0.15) is 5.26 Å². The predicted molar refractivity (Wildman–Crippen MR) is 246 cm³/mol. The van der Waals surface area contributed by atoms with E-state index in [1.54, 1.807) is 30.3 Å². The lowest BCUT2D eigenvalue weighted by Gasteiger charge is -2.60. The Morgan fingerprint density at radius 2 is 1.66 bits per heavy atom. The van der Waals surface area contributed by atoms with Crippen molar-refractivity contribution < 1.29 is 43.5 Å². The number of nitrogens with zero attached hydrogens (tertiary/aromatic N) is 3. The van der Waals surface area contributed by atoms with Crippen molar-refractivity contribution in [3.8, 4) is 34.8 Å². The molecule has 2 N–H and O–H groups in total. The molecule has 12 heteroatoms. The van der Waals surface area contributed by atoms with Gasteiger partial charge in [0.15, 0.2) is 11.5 Å². The first kappa shape index (κ1) is 45.4. The molecule has 1 saturated carbocycles. The summed E-state index contributed by atoms with van der Waals surface area (Å²) in [5, 5.41) is 34.5. The van der Waals surface area contributed by atoms with Crippen LogP contribution in [-0.4, -0.2) is 71.8 Å². The van der Waals surface area contributed by atoms with Crippen molar-refractivity contribution in [1.29, 1.82) is 5.26 Å². The van der Waals surface area contributed by atoms with Gasteiger partial charge in [-0.3, -0.25) is 4.79 Å². The Bertz CT molecular complexity index is 2460. The lowest BCUT2D eigenvalue weighted by molar-refractivity contribution is -0.255. The fourth-order valence-corrected chi connectivity index (χ4v) is 10.2. The van der Waals surface area contributed by atoms with Crippen LogP contribution in [-0.2, 0) is 16.1 Å². The third kappa shape index (κ3) is 9.37. The van der Waals surface area contributed by atoms with Crippen LogP contribution in [0, 0.1) is 42.9 Å². The number of oxime groups is 1. The number of benzene rings is 4. The number of fused-ring (bicyclic) bond motifs is 3. The summed E-state index contributed by atoms with van der Waals surface area (Å²) in [6, 6.07) is 25.7. The Morgan fingerprint density at radius 1 is 0.923 bits per heavy atom. The first-order valence-electron chi connectivity index (χ1n) is 22.9. The highest BCUT2D eigenvalue weighted by Gasteiger charge is 2.65. The average Bonchev–Trinajstić information content (AvgIpc) is 3.80. The second kappa shape index (κ2) is 20.4. The van der Waals surface area contributed by atoms with Crippen molar-refractivity contribution in [1.82, 2.24) is 4.90 Å². The van der Waals surface area contributed by atoms with Crippen molar-refractivity contribution in [2.75, 3.05) is 33.2 Å². The Balaban J connectivity index is 1.35. The lowest BCUT2D eigenvalue weighted by atomic mass is 9.55. The highest BCUT2D eigenvalue weighted by molar-refractivity contribution is 6.03.